The maximum absolute atomic E-state index is 10.4. The third-order valence-corrected chi connectivity index (χ3v) is 6.30. The normalized spacial score (nSPS) is 31.5. The Hall–Kier alpha value is -0.160. The van der Waals surface area contributed by atoms with Crippen LogP contribution in [0.5, 0.6) is 0 Å². The average Bonchev–Trinajstić information content (AvgIpc) is 2.18. The van der Waals surface area contributed by atoms with Crippen LogP contribution in [-0.2, 0) is 0 Å². The molecule has 2 N–H and O–H groups in total. The van der Waals surface area contributed by atoms with Gasteiger partial charge < -0.3 is 10.2 Å². The predicted molar refractivity (Wildman–Crippen MR) is 99.9 cm³/mol. The summed E-state index contributed by atoms with van der Waals surface area (Å²) in [6.45, 7) is 20.4. The van der Waals surface area contributed by atoms with Crippen LogP contribution < -0.4 is 0 Å². The quantitative estimate of drug-likeness (QED) is 0.809. The van der Waals surface area contributed by atoms with E-state index in [0.29, 0.717) is 0 Å². The first kappa shape index (κ1) is 20.2. The average molecular weight is 341 g/mol. The van der Waals surface area contributed by atoms with E-state index in [1.165, 1.54) is 0 Å². The standard InChI is InChI=1S/C20H40N2O2/c1-14(21-17(2,3)10-15(23)11-18(21,4)5)22-19(6,7)12-16(24)13-20(22,8)9/h14-16,23-24H,10-13H2,1-9H3. The van der Waals surface area contributed by atoms with Crippen molar-refractivity contribution >= 4 is 0 Å². The fraction of sp³-hybridized carbons (Fsp3) is 1.00. The number of rotatable bonds is 2. The van der Waals surface area contributed by atoms with E-state index >= 15 is 0 Å². The van der Waals surface area contributed by atoms with E-state index in [1.54, 1.807) is 0 Å². The molecule has 0 bridgehead atoms. The Kier molecular flexibility index (Phi) is 4.99. The van der Waals surface area contributed by atoms with Gasteiger partial charge in [0, 0.05) is 22.2 Å². The second kappa shape index (κ2) is 5.94. The molecule has 0 unspecified atom stereocenters. The van der Waals surface area contributed by atoms with Gasteiger partial charge >= 0.3 is 0 Å². The minimum atomic E-state index is -0.234. The molecular formula is C20H40N2O2. The number of aliphatic hydroxyl groups excluding tert-OH is 2. The largest absolute Gasteiger partial charge is 0.393 e. The van der Waals surface area contributed by atoms with Gasteiger partial charge in [0.1, 0.15) is 0 Å². The molecule has 0 saturated carbocycles. The van der Waals surface area contributed by atoms with Crippen molar-refractivity contribution in [2.45, 2.75) is 129 Å². The van der Waals surface area contributed by atoms with Gasteiger partial charge in [-0.1, -0.05) is 0 Å². The Morgan fingerprint density at radius 1 is 0.625 bits per heavy atom. The molecule has 0 aliphatic carbocycles. The van der Waals surface area contributed by atoms with Crippen molar-refractivity contribution in [3.05, 3.63) is 0 Å². The molecule has 0 aromatic rings. The summed E-state index contributed by atoms with van der Waals surface area (Å²) in [5, 5.41) is 20.7. The lowest BCUT2D eigenvalue weighted by Crippen LogP contribution is -2.74. The monoisotopic (exact) mass is 340 g/mol. The summed E-state index contributed by atoms with van der Waals surface area (Å²) in [6, 6.07) is 0. The summed E-state index contributed by atoms with van der Waals surface area (Å²) >= 11 is 0. The Balaban J connectivity index is 2.43. The fourth-order valence-electron chi connectivity index (χ4n) is 6.62. The maximum atomic E-state index is 10.4. The Morgan fingerprint density at radius 2 is 0.833 bits per heavy atom. The van der Waals surface area contributed by atoms with Crippen molar-refractivity contribution in [1.29, 1.82) is 0 Å². The second-order valence-corrected chi connectivity index (χ2v) is 10.7. The van der Waals surface area contributed by atoms with Crippen molar-refractivity contribution in [3.8, 4) is 0 Å². The fourth-order valence-corrected chi connectivity index (χ4v) is 6.62. The van der Waals surface area contributed by atoms with Crippen LogP contribution in [0.4, 0.5) is 0 Å². The van der Waals surface area contributed by atoms with E-state index in [0.717, 1.165) is 25.7 Å². The van der Waals surface area contributed by atoms with E-state index in [9.17, 15) is 10.2 Å². The molecule has 0 amide bonds. The van der Waals surface area contributed by atoms with E-state index in [-0.39, 0.29) is 40.5 Å². The van der Waals surface area contributed by atoms with Crippen molar-refractivity contribution in [2.24, 2.45) is 0 Å². The third-order valence-electron chi connectivity index (χ3n) is 6.30. The molecule has 2 aliphatic heterocycles. The smallest absolute Gasteiger partial charge is 0.0612 e. The molecule has 142 valence electrons. The van der Waals surface area contributed by atoms with Crippen LogP contribution in [0.1, 0.15) is 88.0 Å². The van der Waals surface area contributed by atoms with Gasteiger partial charge in [0.05, 0.1) is 18.4 Å². The molecule has 0 atom stereocenters. The summed E-state index contributed by atoms with van der Waals surface area (Å²) in [6.07, 6.45) is 2.98. The molecule has 4 nitrogen and oxygen atoms in total. The second-order valence-electron chi connectivity index (χ2n) is 10.7. The van der Waals surface area contributed by atoms with E-state index in [1.807, 2.05) is 0 Å². The zero-order valence-electron chi connectivity index (χ0n) is 17.3. The summed E-state index contributed by atoms with van der Waals surface area (Å²) in [4.78, 5) is 5.21. The number of nitrogens with zero attached hydrogens (tertiary/aromatic N) is 2. The molecule has 2 saturated heterocycles. The summed E-state index contributed by atoms with van der Waals surface area (Å²) in [5.74, 6) is 0. The number of hydrogen-bond donors (Lipinski definition) is 2. The van der Waals surface area contributed by atoms with Crippen LogP contribution in [0, 0.1) is 0 Å². The van der Waals surface area contributed by atoms with E-state index in [4.69, 9.17) is 0 Å². The Morgan fingerprint density at radius 3 is 1.04 bits per heavy atom. The van der Waals surface area contributed by atoms with Crippen LogP contribution in [0.2, 0.25) is 0 Å². The first-order valence-corrected chi connectivity index (χ1v) is 9.55. The highest BCUT2D eigenvalue weighted by Gasteiger charge is 2.54. The summed E-state index contributed by atoms with van der Waals surface area (Å²) < 4.78 is 0. The maximum Gasteiger partial charge on any atom is 0.0612 e. The van der Waals surface area contributed by atoms with Crippen molar-refractivity contribution in [2.75, 3.05) is 0 Å². The first-order valence-electron chi connectivity index (χ1n) is 9.55. The highest BCUT2D eigenvalue weighted by molar-refractivity contribution is 5.07. The van der Waals surface area contributed by atoms with Gasteiger partial charge in [-0.2, -0.15) is 0 Å². The zero-order chi connectivity index (χ0) is 18.7. The molecule has 24 heavy (non-hydrogen) atoms. The van der Waals surface area contributed by atoms with Gasteiger partial charge in [0.2, 0.25) is 0 Å². The minimum absolute atomic E-state index is 0.0667. The number of aliphatic hydroxyl groups is 2. The van der Waals surface area contributed by atoms with Gasteiger partial charge in [-0.05, 0) is 88.0 Å². The summed E-state index contributed by atoms with van der Waals surface area (Å²) in [5.41, 5.74) is -0.267. The highest BCUT2D eigenvalue weighted by Crippen LogP contribution is 2.46. The van der Waals surface area contributed by atoms with Gasteiger partial charge in [0.15, 0.2) is 0 Å². The van der Waals surface area contributed by atoms with Crippen LogP contribution in [0.3, 0.4) is 0 Å². The van der Waals surface area contributed by atoms with E-state index < -0.39 is 0 Å². The van der Waals surface area contributed by atoms with E-state index in [2.05, 4.69) is 72.1 Å². The lowest BCUT2D eigenvalue weighted by Gasteiger charge is -2.64. The SMILES string of the molecule is CC(N1C(C)(C)CC(O)CC1(C)C)N1C(C)(C)CC(O)CC1(C)C. The lowest BCUT2D eigenvalue weighted by molar-refractivity contribution is -0.196. The minimum Gasteiger partial charge on any atom is -0.393 e. The molecule has 2 rings (SSSR count). The lowest BCUT2D eigenvalue weighted by atomic mass is 9.74. The van der Waals surface area contributed by atoms with Crippen LogP contribution in [0.25, 0.3) is 0 Å². The molecular weight excluding hydrogens is 300 g/mol. The summed E-state index contributed by atoms with van der Waals surface area (Å²) in [7, 11) is 0. The molecule has 4 heteroatoms. The van der Waals surface area contributed by atoms with Crippen molar-refractivity contribution in [3.63, 3.8) is 0 Å². The van der Waals surface area contributed by atoms with Gasteiger partial charge in [-0.25, -0.2) is 0 Å². The van der Waals surface area contributed by atoms with Gasteiger partial charge in [0.25, 0.3) is 0 Å². The Labute approximate surface area is 149 Å². The van der Waals surface area contributed by atoms with Gasteiger partial charge in [-0.15, -0.1) is 0 Å². The van der Waals surface area contributed by atoms with Crippen LogP contribution >= 0.6 is 0 Å². The molecule has 0 radical (unpaired) electrons. The van der Waals surface area contributed by atoms with Crippen molar-refractivity contribution in [1.82, 2.24) is 9.80 Å². The number of hydrogen-bond acceptors (Lipinski definition) is 4. The van der Waals surface area contributed by atoms with Crippen molar-refractivity contribution < 1.29 is 10.2 Å². The zero-order valence-corrected chi connectivity index (χ0v) is 17.3. The molecule has 2 fully saturated rings. The molecule has 0 aromatic carbocycles. The Bertz CT molecular complexity index is 392. The number of likely N-dealkylation sites (tertiary alicyclic amines) is 2. The topological polar surface area (TPSA) is 46.9 Å². The molecule has 2 aliphatic rings. The predicted octanol–water partition coefficient (Wildman–Crippen LogP) is 3.36. The highest BCUT2D eigenvalue weighted by atomic mass is 16.3. The molecule has 0 aromatic heterocycles. The molecule has 2 heterocycles. The molecule has 0 spiro atoms. The van der Waals surface area contributed by atoms with Crippen LogP contribution in [0.15, 0.2) is 0 Å². The number of piperidine rings is 2. The first-order chi connectivity index (χ1) is 10.6. The van der Waals surface area contributed by atoms with Crippen LogP contribution in [-0.4, -0.2) is 60.5 Å². The van der Waals surface area contributed by atoms with Gasteiger partial charge in [-0.3, -0.25) is 9.80 Å². The third kappa shape index (κ3) is 3.53.